The topological polar surface area (TPSA) is 33.1 Å². The number of aryl methyl sites for hydroxylation is 1. The van der Waals surface area contributed by atoms with Crippen molar-refractivity contribution in [3.05, 3.63) is 42.2 Å². The number of aromatic nitrogens is 2. The lowest BCUT2D eigenvalue weighted by molar-refractivity contribution is 0.767. The quantitative estimate of drug-likeness (QED) is 0.913. The van der Waals surface area contributed by atoms with Crippen LogP contribution >= 0.6 is 0 Å². The normalized spacial score (nSPS) is 14.9. The molecule has 3 rings (SSSR count). The Balaban J connectivity index is 1.65. The zero-order valence-corrected chi connectivity index (χ0v) is 11.3. The fourth-order valence-electron chi connectivity index (χ4n) is 2.56. The van der Waals surface area contributed by atoms with Crippen molar-refractivity contribution in [3.63, 3.8) is 0 Å². The van der Waals surface area contributed by atoms with Crippen molar-refractivity contribution in [1.29, 1.82) is 0 Å². The van der Waals surface area contributed by atoms with E-state index in [0.717, 1.165) is 6.54 Å². The number of nitrogens with zero attached hydrogens (tertiary/aromatic N) is 3. The van der Waals surface area contributed by atoms with Crippen LogP contribution in [0.4, 0.5) is 11.4 Å². The molecule has 0 aliphatic carbocycles. The Morgan fingerprint density at radius 1 is 1.26 bits per heavy atom. The lowest BCUT2D eigenvalue weighted by Crippen LogP contribution is -2.17. The average molecular weight is 256 g/mol. The molecule has 1 aliphatic heterocycles. The zero-order valence-electron chi connectivity index (χ0n) is 11.3. The number of nitrogens with one attached hydrogen (secondary N) is 1. The molecule has 1 aromatic heterocycles. The average Bonchev–Trinajstić information content (AvgIpc) is 3.08. The minimum atomic E-state index is 0.817. The van der Waals surface area contributed by atoms with Crippen LogP contribution in [-0.4, -0.2) is 22.9 Å². The van der Waals surface area contributed by atoms with Gasteiger partial charge in [-0.2, -0.15) is 5.10 Å². The Labute approximate surface area is 114 Å². The van der Waals surface area contributed by atoms with E-state index < -0.39 is 0 Å². The number of anilines is 2. The fourth-order valence-corrected chi connectivity index (χ4v) is 2.56. The van der Waals surface area contributed by atoms with E-state index in [1.165, 1.54) is 42.9 Å². The summed E-state index contributed by atoms with van der Waals surface area (Å²) in [6, 6.07) is 8.68. The predicted molar refractivity (Wildman–Crippen MR) is 78.4 cm³/mol. The molecule has 2 aromatic rings. The Hall–Kier alpha value is -1.97. The Kier molecular flexibility index (Phi) is 3.40. The second-order valence-corrected chi connectivity index (χ2v) is 5.12. The molecule has 1 N–H and O–H groups in total. The van der Waals surface area contributed by atoms with Gasteiger partial charge in [-0.1, -0.05) is 6.07 Å². The highest BCUT2D eigenvalue weighted by Crippen LogP contribution is 2.23. The molecule has 1 aromatic carbocycles. The third kappa shape index (κ3) is 2.89. The van der Waals surface area contributed by atoms with E-state index in [0.29, 0.717) is 0 Å². The fraction of sp³-hybridized carbons (Fsp3) is 0.400. The smallest absolute Gasteiger partial charge is 0.0539 e. The molecule has 0 amide bonds. The van der Waals surface area contributed by atoms with Gasteiger partial charge in [-0.3, -0.25) is 4.68 Å². The number of rotatable bonds is 4. The van der Waals surface area contributed by atoms with Gasteiger partial charge in [-0.15, -0.1) is 0 Å². The molecule has 0 unspecified atom stereocenters. The highest BCUT2D eigenvalue weighted by molar-refractivity contribution is 5.58. The molecular formula is C15H20N4. The minimum absolute atomic E-state index is 0.817. The van der Waals surface area contributed by atoms with Crippen LogP contribution in [0.5, 0.6) is 0 Å². The van der Waals surface area contributed by atoms with Crippen LogP contribution in [0.3, 0.4) is 0 Å². The molecule has 0 spiro atoms. The zero-order chi connectivity index (χ0) is 13.1. The van der Waals surface area contributed by atoms with Crippen LogP contribution in [0.15, 0.2) is 36.7 Å². The maximum atomic E-state index is 4.18. The standard InChI is InChI=1S/C15H20N4/c1-18-12-13(11-17-18)10-16-14-5-4-6-15(9-14)19-7-2-3-8-19/h4-6,9,11-12,16H,2-3,7-8,10H2,1H3. The van der Waals surface area contributed by atoms with Crippen molar-refractivity contribution < 1.29 is 0 Å². The van der Waals surface area contributed by atoms with E-state index in [9.17, 15) is 0 Å². The third-order valence-electron chi connectivity index (χ3n) is 3.57. The van der Waals surface area contributed by atoms with Crippen molar-refractivity contribution in [2.75, 3.05) is 23.3 Å². The van der Waals surface area contributed by atoms with Gasteiger partial charge in [0.2, 0.25) is 0 Å². The lowest BCUT2D eigenvalue weighted by Gasteiger charge is -2.18. The molecule has 1 fully saturated rings. The van der Waals surface area contributed by atoms with E-state index in [2.05, 4.69) is 39.6 Å². The van der Waals surface area contributed by atoms with E-state index in [-0.39, 0.29) is 0 Å². The van der Waals surface area contributed by atoms with Crippen LogP contribution in [0.2, 0.25) is 0 Å². The molecule has 4 nitrogen and oxygen atoms in total. The number of hydrogen-bond acceptors (Lipinski definition) is 3. The molecule has 4 heteroatoms. The summed E-state index contributed by atoms with van der Waals surface area (Å²) >= 11 is 0. The van der Waals surface area contributed by atoms with Crippen molar-refractivity contribution in [3.8, 4) is 0 Å². The summed E-state index contributed by atoms with van der Waals surface area (Å²) in [4.78, 5) is 2.45. The van der Waals surface area contributed by atoms with Crippen molar-refractivity contribution in [2.24, 2.45) is 7.05 Å². The largest absolute Gasteiger partial charge is 0.381 e. The van der Waals surface area contributed by atoms with Crippen molar-refractivity contribution >= 4 is 11.4 Å². The van der Waals surface area contributed by atoms with Crippen LogP contribution in [-0.2, 0) is 13.6 Å². The van der Waals surface area contributed by atoms with E-state index >= 15 is 0 Å². The highest BCUT2D eigenvalue weighted by atomic mass is 15.2. The summed E-state index contributed by atoms with van der Waals surface area (Å²) in [7, 11) is 1.94. The molecule has 100 valence electrons. The molecule has 1 saturated heterocycles. The second kappa shape index (κ2) is 5.34. The second-order valence-electron chi connectivity index (χ2n) is 5.12. The van der Waals surface area contributed by atoms with Crippen LogP contribution in [0, 0.1) is 0 Å². The Morgan fingerprint density at radius 2 is 2.11 bits per heavy atom. The first-order chi connectivity index (χ1) is 9.31. The molecule has 19 heavy (non-hydrogen) atoms. The molecule has 0 radical (unpaired) electrons. The molecule has 0 bridgehead atoms. The summed E-state index contributed by atoms with van der Waals surface area (Å²) in [5.74, 6) is 0. The van der Waals surface area contributed by atoms with Gasteiger partial charge in [0, 0.05) is 49.8 Å². The Bertz CT molecular complexity index is 541. The monoisotopic (exact) mass is 256 g/mol. The molecule has 1 aliphatic rings. The molecular weight excluding hydrogens is 236 g/mol. The van der Waals surface area contributed by atoms with Gasteiger partial charge in [0.25, 0.3) is 0 Å². The van der Waals surface area contributed by atoms with Gasteiger partial charge in [-0.25, -0.2) is 0 Å². The van der Waals surface area contributed by atoms with Gasteiger partial charge in [0.05, 0.1) is 6.20 Å². The maximum absolute atomic E-state index is 4.18. The first-order valence-electron chi connectivity index (χ1n) is 6.88. The Morgan fingerprint density at radius 3 is 2.84 bits per heavy atom. The molecule has 0 atom stereocenters. The summed E-state index contributed by atoms with van der Waals surface area (Å²) in [5, 5.41) is 7.64. The molecule has 2 heterocycles. The van der Waals surface area contributed by atoms with Gasteiger partial charge in [-0.05, 0) is 31.0 Å². The van der Waals surface area contributed by atoms with E-state index in [1.54, 1.807) is 0 Å². The summed E-state index contributed by atoms with van der Waals surface area (Å²) in [6.07, 6.45) is 6.56. The summed E-state index contributed by atoms with van der Waals surface area (Å²) < 4.78 is 1.83. The van der Waals surface area contributed by atoms with Crippen LogP contribution in [0.25, 0.3) is 0 Å². The summed E-state index contributed by atoms with van der Waals surface area (Å²) in [6.45, 7) is 3.19. The minimum Gasteiger partial charge on any atom is -0.381 e. The number of benzene rings is 1. The van der Waals surface area contributed by atoms with Crippen LogP contribution < -0.4 is 10.2 Å². The SMILES string of the molecule is Cn1cc(CNc2cccc(N3CCCC3)c2)cn1. The first-order valence-corrected chi connectivity index (χ1v) is 6.88. The predicted octanol–water partition coefficient (Wildman–Crippen LogP) is 2.63. The lowest BCUT2D eigenvalue weighted by atomic mass is 10.2. The maximum Gasteiger partial charge on any atom is 0.0539 e. The van der Waals surface area contributed by atoms with Crippen molar-refractivity contribution in [1.82, 2.24) is 9.78 Å². The van der Waals surface area contributed by atoms with Crippen LogP contribution in [0.1, 0.15) is 18.4 Å². The first kappa shape index (κ1) is 12.1. The van der Waals surface area contributed by atoms with Gasteiger partial charge in [0.15, 0.2) is 0 Å². The van der Waals surface area contributed by atoms with E-state index in [1.807, 2.05) is 24.1 Å². The highest BCUT2D eigenvalue weighted by Gasteiger charge is 2.12. The van der Waals surface area contributed by atoms with Gasteiger partial charge < -0.3 is 10.2 Å². The summed E-state index contributed by atoms with van der Waals surface area (Å²) in [5.41, 5.74) is 3.70. The number of hydrogen-bond donors (Lipinski definition) is 1. The molecule has 0 saturated carbocycles. The van der Waals surface area contributed by atoms with Crippen molar-refractivity contribution in [2.45, 2.75) is 19.4 Å². The van der Waals surface area contributed by atoms with E-state index in [4.69, 9.17) is 0 Å². The van der Waals surface area contributed by atoms with Gasteiger partial charge >= 0.3 is 0 Å². The third-order valence-corrected chi connectivity index (χ3v) is 3.57. The van der Waals surface area contributed by atoms with Gasteiger partial charge in [0.1, 0.15) is 0 Å².